The van der Waals surface area contributed by atoms with Crippen LogP contribution in [-0.4, -0.2) is 143 Å². The van der Waals surface area contributed by atoms with Crippen LogP contribution in [-0.2, 0) is 76.8 Å². The van der Waals surface area contributed by atoms with Crippen molar-refractivity contribution < 1.29 is 62.6 Å². The van der Waals surface area contributed by atoms with Crippen LogP contribution in [0.2, 0.25) is 0 Å². The number of phenols is 1. The third-order valence-electron chi connectivity index (χ3n) is 13.9. The van der Waals surface area contributed by atoms with Gasteiger partial charge in [-0.2, -0.15) is 0 Å². The van der Waals surface area contributed by atoms with E-state index >= 15 is 0 Å². The molecular formula is C60H85N13O13. The quantitative estimate of drug-likeness (QED) is 0.0693. The van der Waals surface area contributed by atoms with Gasteiger partial charge in [-0.1, -0.05) is 114 Å². The Labute approximate surface area is 500 Å². The van der Waals surface area contributed by atoms with Crippen LogP contribution in [0.3, 0.4) is 0 Å². The van der Waals surface area contributed by atoms with Crippen molar-refractivity contribution in [2.24, 2.45) is 35.0 Å². The molecule has 26 heteroatoms. The average molecular weight is 1200 g/mol. The van der Waals surface area contributed by atoms with Crippen LogP contribution < -0.4 is 70.4 Å². The lowest BCUT2D eigenvalue weighted by molar-refractivity contribution is -0.137. The number of carbonyl (C=O) groups excluding carboxylic acids is 12. The van der Waals surface area contributed by atoms with Gasteiger partial charge in [-0.05, 0) is 85.7 Å². The molecule has 0 aliphatic carbocycles. The second kappa shape index (κ2) is 34.1. The van der Waals surface area contributed by atoms with Gasteiger partial charge >= 0.3 is 0 Å². The molecule has 17 N–H and O–H groups in total. The number of phenolic OH excluding ortho intramolecular Hbond substituents is 1. The molecule has 1 saturated heterocycles. The Morgan fingerprint density at radius 2 is 0.744 bits per heavy atom. The largest absolute Gasteiger partial charge is 0.508 e. The predicted octanol–water partition coefficient (Wildman–Crippen LogP) is -1.46. The zero-order valence-electron chi connectivity index (χ0n) is 49.7. The summed E-state index contributed by atoms with van der Waals surface area (Å²) >= 11 is 0. The first-order valence-corrected chi connectivity index (χ1v) is 28.8. The van der Waals surface area contributed by atoms with E-state index in [0.717, 1.165) is 0 Å². The summed E-state index contributed by atoms with van der Waals surface area (Å²) in [6, 6.07) is 7.62. The van der Waals surface area contributed by atoms with E-state index in [9.17, 15) is 62.6 Å². The second-order valence-corrected chi connectivity index (χ2v) is 22.7. The van der Waals surface area contributed by atoms with Gasteiger partial charge in [0.1, 0.15) is 66.2 Å². The number of amides is 12. The Balaban J connectivity index is 1.89. The molecule has 0 saturated carbocycles. The number of rotatable bonds is 18. The van der Waals surface area contributed by atoms with E-state index in [1.54, 1.807) is 102 Å². The minimum atomic E-state index is -1.86. The van der Waals surface area contributed by atoms with Crippen molar-refractivity contribution in [3.8, 4) is 5.75 Å². The van der Waals surface area contributed by atoms with E-state index in [4.69, 9.17) is 17.2 Å². The number of nitrogens with two attached hydrogens (primary N) is 3. The van der Waals surface area contributed by atoms with Crippen molar-refractivity contribution >= 4 is 70.9 Å². The van der Waals surface area contributed by atoms with Crippen molar-refractivity contribution in [2.75, 3.05) is 6.54 Å². The fourth-order valence-corrected chi connectivity index (χ4v) is 9.37. The van der Waals surface area contributed by atoms with Crippen LogP contribution in [0.25, 0.3) is 0 Å². The lowest BCUT2D eigenvalue weighted by atomic mass is 9.98. The number of hydrogen-bond acceptors (Lipinski definition) is 14. The molecular weight excluding hydrogens is 1110 g/mol. The van der Waals surface area contributed by atoms with Crippen LogP contribution in [0, 0.1) is 17.8 Å². The SMILES string of the molecule is CC(C)C[C@@H]1NC(=O)[C@H](CC(N)=O)NC(=O)[C@H](CC(N)=O)NC(=O)[C@@H](Cc2ccccc2)NC(=O)[C@H](Cc2ccccc2)NC(=O)[C@H](C)NC(=O)[C@@H](Cc2ccc(O)cc2)NC(=O)[C@H](CC(C)C)NC(=O)[C@H](CCCN)NC(=O)[C@H](C(C)C)NC1=O. The summed E-state index contributed by atoms with van der Waals surface area (Å²) in [7, 11) is 0. The molecule has 1 aliphatic rings. The summed E-state index contributed by atoms with van der Waals surface area (Å²) < 4.78 is 0. The van der Waals surface area contributed by atoms with Gasteiger partial charge < -0.3 is 75.5 Å². The van der Waals surface area contributed by atoms with Gasteiger partial charge in [-0.15, -0.1) is 0 Å². The highest BCUT2D eigenvalue weighted by Crippen LogP contribution is 2.16. The molecule has 1 aliphatic heterocycles. The number of primary amides is 2. The second-order valence-electron chi connectivity index (χ2n) is 22.7. The monoisotopic (exact) mass is 1200 g/mol. The minimum absolute atomic E-state index is 0.0280. The van der Waals surface area contributed by atoms with Crippen molar-refractivity contribution in [2.45, 2.75) is 167 Å². The number of aromatic hydroxyl groups is 1. The Morgan fingerprint density at radius 1 is 0.419 bits per heavy atom. The molecule has 0 unspecified atom stereocenters. The number of nitrogens with one attached hydrogen (secondary N) is 10. The fraction of sp³-hybridized carbons (Fsp3) is 0.500. The molecule has 4 rings (SSSR count). The van der Waals surface area contributed by atoms with Crippen LogP contribution in [0.4, 0.5) is 0 Å². The summed E-state index contributed by atoms with van der Waals surface area (Å²) in [4.78, 5) is 169. The zero-order valence-corrected chi connectivity index (χ0v) is 49.7. The van der Waals surface area contributed by atoms with Gasteiger partial charge in [-0.25, -0.2) is 0 Å². The minimum Gasteiger partial charge on any atom is -0.508 e. The third kappa shape index (κ3) is 23.3. The molecule has 0 bridgehead atoms. The van der Waals surface area contributed by atoms with E-state index in [1.165, 1.54) is 31.2 Å². The first-order valence-electron chi connectivity index (χ1n) is 28.8. The maximum absolute atomic E-state index is 14.7. The maximum atomic E-state index is 14.7. The highest BCUT2D eigenvalue weighted by molar-refractivity contribution is 6.01. The summed E-state index contributed by atoms with van der Waals surface area (Å²) in [5, 5.41) is 36.1. The number of hydrogen-bond donors (Lipinski definition) is 14. The molecule has 3 aromatic carbocycles. The Hall–Kier alpha value is -8.94. The molecule has 3 aromatic rings. The van der Waals surface area contributed by atoms with Gasteiger partial charge in [0.2, 0.25) is 70.9 Å². The van der Waals surface area contributed by atoms with Crippen molar-refractivity contribution in [1.29, 1.82) is 0 Å². The third-order valence-corrected chi connectivity index (χ3v) is 13.9. The van der Waals surface area contributed by atoms with Crippen LogP contribution in [0.1, 0.15) is 104 Å². The van der Waals surface area contributed by atoms with E-state index in [-0.39, 0.29) is 69.1 Å². The molecule has 0 radical (unpaired) electrons. The number of benzene rings is 3. The van der Waals surface area contributed by atoms with Crippen molar-refractivity contribution in [1.82, 2.24) is 53.2 Å². The van der Waals surface area contributed by atoms with E-state index in [0.29, 0.717) is 16.7 Å². The molecule has 0 aromatic heterocycles. The van der Waals surface area contributed by atoms with Gasteiger partial charge in [0.15, 0.2) is 0 Å². The van der Waals surface area contributed by atoms with Gasteiger partial charge in [0.05, 0.1) is 12.8 Å². The lowest BCUT2D eigenvalue weighted by Gasteiger charge is -2.30. The summed E-state index contributed by atoms with van der Waals surface area (Å²) in [5.74, 6) is -12.8. The predicted molar refractivity (Wildman–Crippen MR) is 317 cm³/mol. The zero-order chi connectivity index (χ0) is 63.8. The van der Waals surface area contributed by atoms with Gasteiger partial charge in [0, 0.05) is 19.3 Å². The molecule has 1 fully saturated rings. The van der Waals surface area contributed by atoms with Crippen molar-refractivity contribution in [3.05, 3.63) is 102 Å². The van der Waals surface area contributed by atoms with Crippen LogP contribution in [0.15, 0.2) is 84.9 Å². The topological polar surface area (TPSA) is 423 Å². The van der Waals surface area contributed by atoms with E-state index in [2.05, 4.69) is 53.2 Å². The molecule has 0 spiro atoms. The smallest absolute Gasteiger partial charge is 0.243 e. The molecule has 10 atom stereocenters. The molecule has 1 heterocycles. The van der Waals surface area contributed by atoms with E-state index < -0.39 is 150 Å². The number of carbonyl (C=O) groups is 12. The molecule has 86 heavy (non-hydrogen) atoms. The first kappa shape index (κ1) is 69.6. The summed E-state index contributed by atoms with van der Waals surface area (Å²) in [6.45, 7) is 11.7. The van der Waals surface area contributed by atoms with Crippen LogP contribution >= 0.6 is 0 Å². The molecule has 26 nitrogen and oxygen atoms in total. The molecule has 468 valence electrons. The Morgan fingerprint density at radius 3 is 1.14 bits per heavy atom. The van der Waals surface area contributed by atoms with E-state index in [1.807, 2.05) is 0 Å². The Kier molecular flexibility index (Phi) is 27.6. The first-order chi connectivity index (χ1) is 40.6. The standard InChI is InChI=1S/C60H85N13O13/c1-32(2)25-41-54(80)69-43(29-38-20-22-39(74)23-21-38)53(79)64-35(7)51(77)66-44(27-36-15-10-8-11-16-36)55(81)70-45(28-37-17-12-9-13-18-37)56(82)71-47(31-49(63)76)58(84)72-46(30-48(62)75)57(83)68-42(26-33(3)4)59(85)73-50(34(5)6)60(86)65-40(19-14-24-61)52(78)67-41/h8-13,15-18,20-23,32-35,40-47,50,74H,14,19,24-31,61H2,1-7H3,(H2,62,75)(H2,63,76)(H,64,79)(H,65,86)(H,66,77)(H,67,78)(H,68,83)(H,69,80)(H,70,81)(H,71,82)(H,72,84)(H,73,85)/t35-,40-,41-,42-,43+,44-,45+,46-,47-,50-/m0/s1. The average Bonchev–Trinajstić information content (AvgIpc) is 3.09. The Bertz CT molecular complexity index is 2840. The highest BCUT2D eigenvalue weighted by atomic mass is 16.3. The summed E-state index contributed by atoms with van der Waals surface area (Å²) in [6.07, 6.45) is -2.12. The summed E-state index contributed by atoms with van der Waals surface area (Å²) in [5.41, 5.74) is 18.5. The maximum Gasteiger partial charge on any atom is 0.243 e. The fourth-order valence-electron chi connectivity index (χ4n) is 9.37. The van der Waals surface area contributed by atoms with Crippen LogP contribution in [0.5, 0.6) is 5.75 Å². The van der Waals surface area contributed by atoms with Gasteiger partial charge in [-0.3, -0.25) is 57.5 Å². The highest BCUT2D eigenvalue weighted by Gasteiger charge is 2.38. The molecule has 12 amide bonds. The normalized spacial score (nSPS) is 24.1. The van der Waals surface area contributed by atoms with Crippen molar-refractivity contribution in [3.63, 3.8) is 0 Å². The van der Waals surface area contributed by atoms with Gasteiger partial charge in [0.25, 0.3) is 0 Å². The lowest BCUT2D eigenvalue weighted by Crippen LogP contribution is -2.62.